The summed E-state index contributed by atoms with van der Waals surface area (Å²) in [6.45, 7) is 6.18. The number of carbonyl (C=O) groups excluding carboxylic acids is 2. The Labute approximate surface area is 233 Å². The lowest BCUT2D eigenvalue weighted by Crippen LogP contribution is -2.58. The van der Waals surface area contributed by atoms with Crippen LogP contribution in [0, 0.1) is 18.8 Å². The second-order valence-electron chi connectivity index (χ2n) is 11.3. The van der Waals surface area contributed by atoms with Gasteiger partial charge in [0.05, 0.1) is 12.2 Å². The van der Waals surface area contributed by atoms with Crippen LogP contribution in [0.4, 0.5) is 0 Å². The van der Waals surface area contributed by atoms with E-state index in [0.717, 1.165) is 51.7 Å². The largest absolute Gasteiger partial charge is 0.383 e. The molecule has 0 spiro atoms. The third kappa shape index (κ3) is 8.10. The zero-order valence-electron chi connectivity index (χ0n) is 23.6. The number of ether oxygens (including phenoxy) is 1. The molecule has 4 rings (SSSR count). The van der Waals surface area contributed by atoms with Gasteiger partial charge in [-0.25, -0.2) is 0 Å². The van der Waals surface area contributed by atoms with Crippen LogP contribution in [0.1, 0.15) is 60.0 Å². The standard InChI is InChI=1S/C31H45N5O3/c1-23-5-7-26(8-6-23)22-35(16-17-39-2)28-13-15-36(31(38)27-4-3-14-33-21-27)29(18-28)30(37)34-20-25-11-9-24(19-32)10-12-25/h3-8,14,21,24-25,28-29H,9-13,15-20,22,32H2,1-2H3,(H,34,37)/t24?,25?,28?,29-/m1/s1. The lowest BCUT2D eigenvalue weighted by molar-refractivity contribution is -0.128. The molecule has 1 aliphatic heterocycles. The molecule has 1 unspecified atom stereocenters. The zero-order valence-corrected chi connectivity index (χ0v) is 23.6. The first kappa shape index (κ1) is 29.2. The van der Waals surface area contributed by atoms with E-state index in [0.29, 0.717) is 43.5 Å². The fourth-order valence-electron chi connectivity index (χ4n) is 5.99. The number of carbonyl (C=O) groups is 2. The zero-order chi connectivity index (χ0) is 27.6. The van der Waals surface area contributed by atoms with Crippen LogP contribution in [-0.4, -0.2) is 78.6 Å². The highest BCUT2D eigenvalue weighted by Gasteiger charge is 2.38. The lowest BCUT2D eigenvalue weighted by Gasteiger charge is -2.43. The number of likely N-dealkylation sites (tertiary alicyclic amines) is 1. The van der Waals surface area contributed by atoms with Crippen molar-refractivity contribution in [3.63, 3.8) is 0 Å². The van der Waals surface area contributed by atoms with Gasteiger partial charge in [0.2, 0.25) is 5.91 Å². The molecule has 2 fully saturated rings. The molecule has 8 nitrogen and oxygen atoms in total. The van der Waals surface area contributed by atoms with Crippen molar-refractivity contribution >= 4 is 11.8 Å². The van der Waals surface area contributed by atoms with Gasteiger partial charge in [0.1, 0.15) is 6.04 Å². The highest BCUT2D eigenvalue weighted by Crippen LogP contribution is 2.29. The molecule has 3 N–H and O–H groups in total. The molecule has 1 saturated heterocycles. The van der Waals surface area contributed by atoms with Gasteiger partial charge in [-0.15, -0.1) is 0 Å². The van der Waals surface area contributed by atoms with Crippen LogP contribution < -0.4 is 11.1 Å². The molecular formula is C31H45N5O3. The Hall–Kier alpha value is -2.81. The quantitative estimate of drug-likeness (QED) is 0.458. The normalized spacial score (nSPS) is 23.5. The Morgan fingerprint density at radius 2 is 1.85 bits per heavy atom. The van der Waals surface area contributed by atoms with Crippen LogP contribution in [0.3, 0.4) is 0 Å². The SMILES string of the molecule is COCCN(Cc1ccc(C)cc1)C1CCN(C(=O)c2cccnc2)[C@@H](C(=O)NCC2CCC(CN)CC2)C1. The van der Waals surface area contributed by atoms with Gasteiger partial charge < -0.3 is 20.7 Å². The summed E-state index contributed by atoms with van der Waals surface area (Å²) in [5.74, 6) is 0.889. The summed E-state index contributed by atoms with van der Waals surface area (Å²) in [5, 5.41) is 3.23. The summed E-state index contributed by atoms with van der Waals surface area (Å²) in [7, 11) is 1.72. The number of nitrogens with one attached hydrogen (secondary N) is 1. The number of methoxy groups -OCH3 is 1. The van der Waals surface area contributed by atoms with E-state index in [1.807, 2.05) is 0 Å². The minimum atomic E-state index is -0.528. The van der Waals surface area contributed by atoms with Crippen molar-refractivity contribution in [2.45, 2.75) is 64.1 Å². The number of aryl methyl sites for hydroxylation is 1. The number of nitrogens with two attached hydrogens (primary N) is 1. The predicted molar refractivity (Wildman–Crippen MR) is 153 cm³/mol. The van der Waals surface area contributed by atoms with Crippen LogP contribution >= 0.6 is 0 Å². The maximum absolute atomic E-state index is 13.7. The summed E-state index contributed by atoms with van der Waals surface area (Å²) in [5.41, 5.74) is 8.85. The summed E-state index contributed by atoms with van der Waals surface area (Å²) in [4.78, 5) is 35.5. The Morgan fingerprint density at radius 3 is 2.51 bits per heavy atom. The second-order valence-corrected chi connectivity index (χ2v) is 11.3. The first-order chi connectivity index (χ1) is 19.0. The molecule has 0 radical (unpaired) electrons. The van der Waals surface area contributed by atoms with Crippen LogP contribution in [0.25, 0.3) is 0 Å². The number of rotatable bonds is 11. The maximum Gasteiger partial charge on any atom is 0.256 e. The van der Waals surface area contributed by atoms with Crippen molar-refractivity contribution in [2.75, 3.05) is 39.9 Å². The molecule has 39 heavy (non-hydrogen) atoms. The summed E-state index contributed by atoms with van der Waals surface area (Å²) < 4.78 is 5.43. The van der Waals surface area contributed by atoms with Gasteiger partial charge in [-0.1, -0.05) is 29.8 Å². The van der Waals surface area contributed by atoms with Crippen LogP contribution in [0.15, 0.2) is 48.8 Å². The molecule has 2 heterocycles. The van der Waals surface area contributed by atoms with E-state index < -0.39 is 6.04 Å². The molecule has 8 heteroatoms. The molecular weight excluding hydrogens is 490 g/mol. The number of nitrogens with zero attached hydrogens (tertiary/aromatic N) is 3. The number of amides is 2. The van der Waals surface area contributed by atoms with Gasteiger partial charge >= 0.3 is 0 Å². The van der Waals surface area contributed by atoms with Crippen LogP contribution in [0.2, 0.25) is 0 Å². The molecule has 2 aromatic rings. The van der Waals surface area contributed by atoms with Crippen molar-refractivity contribution in [1.29, 1.82) is 0 Å². The van der Waals surface area contributed by atoms with Gasteiger partial charge in [0.25, 0.3) is 5.91 Å². The Kier molecular flexibility index (Phi) is 10.9. The molecule has 1 aromatic carbocycles. The predicted octanol–water partition coefficient (Wildman–Crippen LogP) is 3.39. The van der Waals surface area contributed by atoms with Crippen molar-refractivity contribution < 1.29 is 14.3 Å². The van der Waals surface area contributed by atoms with E-state index in [-0.39, 0.29) is 17.9 Å². The molecule has 1 aromatic heterocycles. The molecule has 2 atom stereocenters. The van der Waals surface area contributed by atoms with Crippen molar-refractivity contribution in [2.24, 2.45) is 17.6 Å². The summed E-state index contributed by atoms with van der Waals surface area (Å²) in [6, 6.07) is 11.8. The maximum atomic E-state index is 13.7. The molecule has 2 amide bonds. The number of benzene rings is 1. The van der Waals surface area contributed by atoms with E-state index in [2.05, 4.69) is 46.4 Å². The van der Waals surface area contributed by atoms with Gasteiger partial charge in [0.15, 0.2) is 0 Å². The summed E-state index contributed by atoms with van der Waals surface area (Å²) >= 11 is 0. The van der Waals surface area contributed by atoms with Crippen molar-refractivity contribution in [3.8, 4) is 0 Å². The third-order valence-electron chi connectivity index (χ3n) is 8.52. The monoisotopic (exact) mass is 535 g/mol. The van der Waals surface area contributed by atoms with E-state index in [1.165, 1.54) is 11.1 Å². The highest BCUT2D eigenvalue weighted by molar-refractivity contribution is 5.97. The van der Waals surface area contributed by atoms with Crippen molar-refractivity contribution in [3.05, 3.63) is 65.5 Å². The van der Waals surface area contributed by atoms with Gasteiger partial charge in [-0.3, -0.25) is 19.5 Å². The molecule has 212 valence electrons. The second kappa shape index (κ2) is 14.5. The number of piperidine rings is 1. The minimum Gasteiger partial charge on any atom is -0.383 e. The third-order valence-corrected chi connectivity index (χ3v) is 8.52. The first-order valence-electron chi connectivity index (χ1n) is 14.5. The van der Waals surface area contributed by atoms with Gasteiger partial charge in [-0.05, 0) is 81.5 Å². The van der Waals surface area contributed by atoms with E-state index in [9.17, 15) is 9.59 Å². The molecule has 2 aliphatic rings. The van der Waals surface area contributed by atoms with Crippen LogP contribution in [-0.2, 0) is 16.1 Å². The smallest absolute Gasteiger partial charge is 0.256 e. The number of pyridine rings is 1. The van der Waals surface area contributed by atoms with Crippen molar-refractivity contribution in [1.82, 2.24) is 20.1 Å². The minimum absolute atomic E-state index is 0.0556. The van der Waals surface area contributed by atoms with E-state index in [1.54, 1.807) is 36.5 Å². The number of aromatic nitrogens is 1. The Morgan fingerprint density at radius 1 is 1.10 bits per heavy atom. The molecule has 1 saturated carbocycles. The van der Waals surface area contributed by atoms with E-state index >= 15 is 0 Å². The first-order valence-corrected chi connectivity index (χ1v) is 14.5. The lowest BCUT2D eigenvalue weighted by atomic mass is 9.82. The Balaban J connectivity index is 1.48. The van der Waals surface area contributed by atoms with E-state index in [4.69, 9.17) is 10.5 Å². The molecule has 1 aliphatic carbocycles. The fraction of sp³-hybridized carbons (Fsp3) is 0.581. The summed E-state index contributed by atoms with van der Waals surface area (Å²) in [6.07, 6.45) is 9.07. The number of hydrogen-bond acceptors (Lipinski definition) is 6. The van der Waals surface area contributed by atoms with Gasteiger partial charge in [0, 0.05) is 51.7 Å². The number of hydrogen-bond donors (Lipinski definition) is 2. The topological polar surface area (TPSA) is 101 Å². The average molecular weight is 536 g/mol. The molecule has 0 bridgehead atoms. The average Bonchev–Trinajstić information content (AvgIpc) is 2.99. The van der Waals surface area contributed by atoms with Gasteiger partial charge in [-0.2, -0.15) is 0 Å². The highest BCUT2D eigenvalue weighted by atomic mass is 16.5. The fourth-order valence-corrected chi connectivity index (χ4v) is 5.99. The van der Waals surface area contributed by atoms with Crippen LogP contribution in [0.5, 0.6) is 0 Å². The Bertz CT molecular complexity index is 1040.